The number of nitrogens with zero attached hydrogens (tertiary/aromatic N) is 1. The number of sulfone groups is 1. The summed E-state index contributed by atoms with van der Waals surface area (Å²) in [5, 5.41) is 0.344. The Morgan fingerprint density at radius 3 is 2.29 bits per heavy atom. The van der Waals surface area contributed by atoms with Crippen LogP contribution in [-0.4, -0.2) is 26.6 Å². The predicted molar refractivity (Wildman–Crippen MR) is 112 cm³/mol. The highest BCUT2D eigenvalue weighted by molar-refractivity contribution is 7.93. The largest absolute Gasteiger partial charge is 0.269 e. The minimum Gasteiger partial charge on any atom is -0.223 e. The molecule has 0 saturated carbocycles. The molecule has 0 bridgehead atoms. The lowest BCUT2D eigenvalue weighted by Gasteiger charge is -2.13. The number of halogens is 1. The fraction of sp³-hybridized carbons (Fsp3) is 0.300. The molecule has 0 saturated heterocycles. The van der Waals surface area contributed by atoms with E-state index >= 15 is 0 Å². The van der Waals surface area contributed by atoms with Crippen molar-refractivity contribution in [2.75, 3.05) is 5.75 Å². The molecule has 0 fully saturated rings. The van der Waals surface area contributed by atoms with Crippen LogP contribution in [-0.2, 0) is 25.7 Å². The highest BCUT2D eigenvalue weighted by atomic mass is 35.5. The van der Waals surface area contributed by atoms with Crippen LogP contribution in [0.1, 0.15) is 31.7 Å². The van der Waals surface area contributed by atoms with E-state index in [0.717, 1.165) is 16.8 Å². The first kappa shape index (κ1) is 20.9. The minimum absolute atomic E-state index is 0.0359. The van der Waals surface area contributed by atoms with Crippen molar-refractivity contribution in [3.8, 4) is 0 Å². The first-order valence-electron chi connectivity index (χ1n) is 9.05. The van der Waals surface area contributed by atoms with E-state index in [2.05, 4.69) is 0 Å². The van der Waals surface area contributed by atoms with Crippen molar-refractivity contribution in [1.82, 2.24) is 3.97 Å². The van der Waals surface area contributed by atoms with Gasteiger partial charge in [0.2, 0.25) is 0 Å². The second-order valence-corrected chi connectivity index (χ2v) is 10.7. The van der Waals surface area contributed by atoms with Gasteiger partial charge < -0.3 is 0 Å². The molecular formula is C20H22ClNO4S2. The van der Waals surface area contributed by atoms with E-state index in [1.54, 1.807) is 36.4 Å². The van der Waals surface area contributed by atoms with Gasteiger partial charge in [-0.25, -0.2) is 20.8 Å². The number of rotatable bonds is 8. The maximum atomic E-state index is 13.4. The number of alkyl halides is 1. The van der Waals surface area contributed by atoms with E-state index in [1.807, 2.05) is 6.92 Å². The van der Waals surface area contributed by atoms with Crippen molar-refractivity contribution in [2.24, 2.45) is 0 Å². The second kappa shape index (κ2) is 8.27. The lowest BCUT2D eigenvalue weighted by atomic mass is 10.2. The number of hydrogen-bond donors (Lipinski definition) is 0. The molecule has 0 amide bonds. The summed E-state index contributed by atoms with van der Waals surface area (Å²) in [5.41, 5.74) is 1.03. The molecule has 0 N–H and O–H groups in total. The fourth-order valence-electron chi connectivity index (χ4n) is 3.09. The zero-order valence-corrected chi connectivity index (χ0v) is 17.9. The van der Waals surface area contributed by atoms with E-state index < -0.39 is 19.9 Å². The quantitative estimate of drug-likeness (QED) is 0.380. The maximum Gasteiger partial charge on any atom is 0.269 e. The molecule has 0 radical (unpaired) electrons. The van der Waals surface area contributed by atoms with Gasteiger partial charge in [0.1, 0.15) is 0 Å². The summed E-state index contributed by atoms with van der Waals surface area (Å²) in [6.07, 6.45) is 2.12. The average Bonchev–Trinajstić information content (AvgIpc) is 3.09. The van der Waals surface area contributed by atoms with Gasteiger partial charge in [-0.05, 0) is 36.2 Å². The Balaban J connectivity index is 2.29. The second-order valence-electron chi connectivity index (χ2n) is 6.62. The van der Waals surface area contributed by atoms with E-state index in [-0.39, 0.29) is 21.6 Å². The molecule has 3 aromatic rings. The normalized spacial score (nSPS) is 12.5. The van der Waals surface area contributed by atoms with Crippen molar-refractivity contribution in [3.05, 3.63) is 60.2 Å². The number of hydrogen-bond acceptors (Lipinski definition) is 4. The molecule has 8 heteroatoms. The molecule has 150 valence electrons. The fourth-order valence-corrected chi connectivity index (χ4v) is 6.76. The van der Waals surface area contributed by atoms with Crippen LogP contribution in [0, 0.1) is 0 Å². The molecule has 1 aromatic heterocycles. The van der Waals surface area contributed by atoms with Crippen LogP contribution < -0.4 is 0 Å². The lowest BCUT2D eigenvalue weighted by Crippen LogP contribution is -2.20. The van der Waals surface area contributed by atoms with Crippen LogP contribution in [0.15, 0.2) is 64.5 Å². The first-order chi connectivity index (χ1) is 13.3. The number of benzene rings is 2. The van der Waals surface area contributed by atoms with Crippen LogP contribution in [0.3, 0.4) is 0 Å². The standard InChI is InChI=1S/C20H22ClNO4S2/c1-2-3-7-12-27(23,24)20-14-17-11-10-16(15-21)13-19(17)22(20)28(25,26)18-8-5-4-6-9-18/h4-6,8-11,13-14H,2-3,7,12,15H2,1H3. The van der Waals surface area contributed by atoms with Gasteiger partial charge in [-0.3, -0.25) is 0 Å². The Morgan fingerprint density at radius 2 is 1.64 bits per heavy atom. The Hall–Kier alpha value is -1.83. The summed E-state index contributed by atoms with van der Waals surface area (Å²) in [7, 11) is -7.88. The van der Waals surface area contributed by atoms with Crippen molar-refractivity contribution in [3.63, 3.8) is 0 Å². The maximum absolute atomic E-state index is 13.4. The molecule has 0 aliphatic carbocycles. The first-order valence-corrected chi connectivity index (χ1v) is 12.7. The van der Waals surface area contributed by atoms with Gasteiger partial charge in [-0.15, -0.1) is 11.6 Å². The predicted octanol–water partition coefficient (Wildman–Crippen LogP) is 4.58. The van der Waals surface area contributed by atoms with Gasteiger partial charge >= 0.3 is 0 Å². The zero-order valence-electron chi connectivity index (χ0n) is 15.5. The third-order valence-electron chi connectivity index (χ3n) is 4.56. The van der Waals surface area contributed by atoms with E-state index in [0.29, 0.717) is 22.9 Å². The topological polar surface area (TPSA) is 73.2 Å². The molecule has 3 rings (SSSR count). The summed E-state index contributed by atoms with van der Waals surface area (Å²) >= 11 is 5.92. The Bertz CT molecular complexity index is 1180. The molecule has 2 aromatic carbocycles. The Kier molecular flexibility index (Phi) is 6.17. The molecule has 0 atom stereocenters. The van der Waals surface area contributed by atoms with E-state index in [9.17, 15) is 16.8 Å². The van der Waals surface area contributed by atoms with Gasteiger partial charge in [0.05, 0.1) is 16.2 Å². The molecule has 0 unspecified atom stereocenters. The van der Waals surface area contributed by atoms with Gasteiger partial charge in [-0.1, -0.05) is 50.1 Å². The molecule has 1 heterocycles. The lowest BCUT2D eigenvalue weighted by molar-refractivity contribution is 0.571. The molecule has 28 heavy (non-hydrogen) atoms. The van der Waals surface area contributed by atoms with Gasteiger partial charge in [0.15, 0.2) is 14.9 Å². The molecule has 0 spiro atoms. The minimum atomic E-state index is -4.10. The van der Waals surface area contributed by atoms with Crippen LogP contribution in [0.5, 0.6) is 0 Å². The van der Waals surface area contributed by atoms with E-state index in [1.165, 1.54) is 18.2 Å². The highest BCUT2D eigenvalue weighted by Gasteiger charge is 2.29. The number of fused-ring (bicyclic) bond motifs is 1. The molecule has 5 nitrogen and oxygen atoms in total. The summed E-state index contributed by atoms with van der Waals surface area (Å²) in [5.74, 6) is 0.106. The van der Waals surface area contributed by atoms with Crippen LogP contribution >= 0.6 is 11.6 Å². The van der Waals surface area contributed by atoms with Crippen molar-refractivity contribution in [2.45, 2.75) is 42.0 Å². The molecular weight excluding hydrogens is 418 g/mol. The highest BCUT2D eigenvalue weighted by Crippen LogP contribution is 2.30. The van der Waals surface area contributed by atoms with Crippen LogP contribution in [0.4, 0.5) is 0 Å². The monoisotopic (exact) mass is 439 g/mol. The number of unbranched alkanes of at least 4 members (excludes halogenated alkanes) is 2. The Morgan fingerprint density at radius 1 is 0.929 bits per heavy atom. The summed E-state index contributed by atoms with van der Waals surface area (Å²) in [6, 6.07) is 14.4. The van der Waals surface area contributed by atoms with Gasteiger partial charge in [0.25, 0.3) is 10.0 Å². The van der Waals surface area contributed by atoms with E-state index in [4.69, 9.17) is 11.6 Å². The summed E-state index contributed by atoms with van der Waals surface area (Å²) < 4.78 is 53.7. The van der Waals surface area contributed by atoms with Crippen molar-refractivity contribution < 1.29 is 16.8 Å². The summed E-state index contributed by atoms with van der Waals surface area (Å²) in [6.45, 7) is 1.98. The number of aromatic nitrogens is 1. The third kappa shape index (κ3) is 3.97. The van der Waals surface area contributed by atoms with Gasteiger partial charge in [0, 0.05) is 11.3 Å². The Labute approximate surface area is 170 Å². The smallest absolute Gasteiger partial charge is 0.223 e. The summed E-state index contributed by atoms with van der Waals surface area (Å²) in [4.78, 5) is 0.0359. The molecule has 0 aliphatic heterocycles. The van der Waals surface area contributed by atoms with Gasteiger partial charge in [-0.2, -0.15) is 0 Å². The molecule has 0 aliphatic rings. The van der Waals surface area contributed by atoms with Crippen LogP contribution in [0.25, 0.3) is 10.9 Å². The van der Waals surface area contributed by atoms with Crippen molar-refractivity contribution in [1.29, 1.82) is 0 Å². The van der Waals surface area contributed by atoms with Crippen LogP contribution in [0.2, 0.25) is 0 Å². The van der Waals surface area contributed by atoms with Crippen molar-refractivity contribution >= 4 is 42.4 Å². The SMILES string of the molecule is CCCCCS(=O)(=O)c1cc2ccc(CCl)cc2n1S(=O)(=O)c1ccccc1. The zero-order chi connectivity index (χ0) is 20.4. The average molecular weight is 440 g/mol. The third-order valence-corrected chi connectivity index (χ3v) is 8.49.